The number of ether oxygens (including phenoxy) is 1. The summed E-state index contributed by atoms with van der Waals surface area (Å²) in [4.78, 5) is 0. The topological polar surface area (TPSA) is 131 Å². The Bertz CT molecular complexity index is 242. The van der Waals surface area contributed by atoms with Gasteiger partial charge < -0.3 is 35.4 Å². The fourth-order valence-corrected chi connectivity index (χ4v) is 0.968. The van der Waals surface area contributed by atoms with Crippen LogP contribution in [0.1, 0.15) is 13.8 Å². The minimum atomic E-state index is -2.95. The molecule has 7 nitrogen and oxygen atoms in total. The van der Waals surface area contributed by atoms with Crippen LogP contribution in [0.25, 0.3) is 0 Å². The molecule has 0 aliphatic rings. The maximum atomic E-state index is 9.34. The molecule has 96 valence electrons. The zero-order valence-electron chi connectivity index (χ0n) is 9.16. The van der Waals surface area contributed by atoms with Crippen molar-refractivity contribution in [3.8, 4) is 0 Å². The molecule has 0 aromatic carbocycles. The van der Waals surface area contributed by atoms with Crippen molar-refractivity contribution in [2.24, 2.45) is 0 Å². The van der Waals surface area contributed by atoms with Crippen molar-refractivity contribution in [3.63, 3.8) is 0 Å². The van der Waals surface area contributed by atoms with E-state index in [0.29, 0.717) is 5.57 Å². The van der Waals surface area contributed by atoms with Crippen LogP contribution < -0.4 is 0 Å². The largest absolute Gasteiger partial charge is 0.489 e. The van der Waals surface area contributed by atoms with Crippen molar-refractivity contribution in [2.45, 2.75) is 32.0 Å². The number of aliphatic hydroxyl groups is 6. The molecule has 1 unspecified atom stereocenters. The lowest BCUT2D eigenvalue weighted by Crippen LogP contribution is -2.45. The average Bonchev–Trinajstić information content (AvgIpc) is 2.16. The van der Waals surface area contributed by atoms with Crippen molar-refractivity contribution < 1.29 is 35.4 Å². The Morgan fingerprint density at radius 1 is 1.19 bits per heavy atom. The smallest absolute Gasteiger partial charge is 0.275 e. The zero-order chi connectivity index (χ0) is 12.9. The molecule has 0 saturated heterocycles. The lowest BCUT2D eigenvalue weighted by atomic mass is 10.1. The van der Waals surface area contributed by atoms with Gasteiger partial charge in [-0.1, -0.05) is 0 Å². The number of hydrogen-bond donors (Lipinski definition) is 6. The number of hydrogen-bond acceptors (Lipinski definition) is 7. The molecule has 0 heterocycles. The molecule has 0 saturated carbocycles. The predicted molar refractivity (Wildman–Crippen MR) is 52.8 cm³/mol. The molecule has 0 aromatic heterocycles. The summed E-state index contributed by atoms with van der Waals surface area (Å²) in [7, 11) is 0. The van der Waals surface area contributed by atoms with Crippen LogP contribution in [-0.2, 0) is 4.74 Å². The third-order valence-electron chi connectivity index (χ3n) is 1.78. The maximum absolute atomic E-state index is 9.34. The molecular weight excluding hydrogens is 220 g/mol. The van der Waals surface area contributed by atoms with Crippen molar-refractivity contribution in [1.82, 2.24) is 0 Å². The Morgan fingerprint density at radius 3 is 2.00 bits per heavy atom. The van der Waals surface area contributed by atoms with Crippen molar-refractivity contribution in [1.29, 1.82) is 0 Å². The first-order valence-electron chi connectivity index (χ1n) is 4.64. The molecule has 0 fully saturated rings. The van der Waals surface area contributed by atoms with Gasteiger partial charge in [-0.25, -0.2) is 0 Å². The van der Waals surface area contributed by atoms with Crippen molar-refractivity contribution >= 4 is 0 Å². The van der Waals surface area contributed by atoms with Gasteiger partial charge >= 0.3 is 0 Å². The van der Waals surface area contributed by atoms with E-state index in [-0.39, 0.29) is 0 Å². The number of allylic oxidation sites excluding steroid dienone is 1. The van der Waals surface area contributed by atoms with Gasteiger partial charge in [-0.15, -0.1) is 0 Å². The van der Waals surface area contributed by atoms with E-state index in [1.807, 2.05) is 0 Å². The molecule has 0 amide bonds. The van der Waals surface area contributed by atoms with E-state index >= 15 is 0 Å². The standard InChI is InChI=1S/C9H18O7/c1-5(2)7(9(14,15)8(12)13)16-4-6(11)3-10/h6,8,10-15H,3-4H2,1-2H3. The molecular formula is C9H18O7. The van der Waals surface area contributed by atoms with Crippen LogP contribution >= 0.6 is 0 Å². The van der Waals surface area contributed by atoms with Gasteiger partial charge in [0.2, 0.25) is 6.29 Å². The zero-order valence-corrected chi connectivity index (χ0v) is 9.16. The first-order chi connectivity index (χ1) is 7.23. The quantitative estimate of drug-likeness (QED) is 0.225. The summed E-state index contributed by atoms with van der Waals surface area (Å²) in [5.41, 5.74) is 0.295. The van der Waals surface area contributed by atoms with Crippen molar-refractivity contribution in [3.05, 3.63) is 11.3 Å². The van der Waals surface area contributed by atoms with Crippen molar-refractivity contribution in [2.75, 3.05) is 13.2 Å². The van der Waals surface area contributed by atoms with Crippen LogP contribution in [0.3, 0.4) is 0 Å². The van der Waals surface area contributed by atoms with Crippen LogP contribution in [0.5, 0.6) is 0 Å². The molecule has 16 heavy (non-hydrogen) atoms. The van der Waals surface area contributed by atoms with Gasteiger partial charge in [0.05, 0.1) is 6.61 Å². The first kappa shape index (κ1) is 15.3. The summed E-state index contributed by atoms with van der Waals surface area (Å²) in [5.74, 6) is -3.43. The van der Waals surface area contributed by atoms with E-state index in [4.69, 9.17) is 25.2 Å². The van der Waals surface area contributed by atoms with Gasteiger partial charge in [0, 0.05) is 0 Å². The summed E-state index contributed by atoms with van der Waals surface area (Å²) in [6.45, 7) is 1.97. The number of rotatable bonds is 6. The third kappa shape index (κ3) is 4.05. The van der Waals surface area contributed by atoms with E-state index < -0.39 is 37.2 Å². The van der Waals surface area contributed by atoms with E-state index in [1.54, 1.807) is 0 Å². The highest BCUT2D eigenvalue weighted by atomic mass is 16.6. The molecule has 0 aliphatic heterocycles. The van der Waals surface area contributed by atoms with Gasteiger partial charge in [0.15, 0.2) is 5.76 Å². The van der Waals surface area contributed by atoms with Crippen LogP contribution in [0.4, 0.5) is 0 Å². The summed E-state index contributed by atoms with van der Waals surface area (Å²) in [6, 6.07) is 0. The molecule has 0 bridgehead atoms. The fourth-order valence-electron chi connectivity index (χ4n) is 0.968. The molecule has 0 aromatic rings. The highest BCUT2D eigenvalue weighted by Gasteiger charge is 2.39. The van der Waals surface area contributed by atoms with Crippen LogP contribution in [0, 0.1) is 0 Å². The van der Waals surface area contributed by atoms with E-state index in [2.05, 4.69) is 0 Å². The van der Waals surface area contributed by atoms with Gasteiger partial charge in [0.1, 0.15) is 12.7 Å². The average molecular weight is 238 g/mol. The SMILES string of the molecule is CC(C)=C(OCC(O)CO)C(O)(O)C(O)O. The third-order valence-corrected chi connectivity index (χ3v) is 1.78. The lowest BCUT2D eigenvalue weighted by Gasteiger charge is -2.28. The van der Waals surface area contributed by atoms with Gasteiger partial charge in [-0.3, -0.25) is 0 Å². The Kier molecular flexibility index (Phi) is 5.87. The molecule has 0 radical (unpaired) electrons. The normalized spacial score (nSPS) is 13.8. The minimum Gasteiger partial charge on any atom is -0.489 e. The maximum Gasteiger partial charge on any atom is 0.275 e. The second kappa shape index (κ2) is 6.14. The monoisotopic (exact) mass is 238 g/mol. The van der Waals surface area contributed by atoms with Crippen LogP contribution in [0.15, 0.2) is 11.3 Å². The lowest BCUT2D eigenvalue weighted by molar-refractivity contribution is -0.284. The van der Waals surface area contributed by atoms with E-state index in [1.165, 1.54) is 13.8 Å². The summed E-state index contributed by atoms with van der Waals surface area (Å²) < 4.78 is 4.83. The van der Waals surface area contributed by atoms with Gasteiger partial charge in [0.25, 0.3) is 5.79 Å². The van der Waals surface area contributed by atoms with Crippen LogP contribution in [-0.4, -0.2) is 62.0 Å². The Hall–Kier alpha value is -0.700. The summed E-state index contributed by atoms with van der Waals surface area (Å²) in [5, 5.41) is 53.7. The Morgan fingerprint density at radius 2 is 1.69 bits per heavy atom. The molecule has 6 N–H and O–H groups in total. The first-order valence-corrected chi connectivity index (χ1v) is 4.64. The second-order valence-electron chi connectivity index (χ2n) is 3.58. The molecule has 0 spiro atoms. The summed E-state index contributed by atoms with van der Waals surface area (Å²) in [6.07, 6.45) is -3.63. The van der Waals surface area contributed by atoms with E-state index in [0.717, 1.165) is 0 Å². The van der Waals surface area contributed by atoms with Gasteiger partial charge in [-0.2, -0.15) is 0 Å². The molecule has 0 aliphatic carbocycles. The van der Waals surface area contributed by atoms with Crippen LogP contribution in [0.2, 0.25) is 0 Å². The second-order valence-corrected chi connectivity index (χ2v) is 3.58. The Labute approximate surface area is 92.8 Å². The Balaban J connectivity index is 4.73. The fraction of sp³-hybridized carbons (Fsp3) is 0.778. The van der Waals surface area contributed by atoms with Gasteiger partial charge in [-0.05, 0) is 19.4 Å². The minimum absolute atomic E-state index is 0.295. The summed E-state index contributed by atoms with van der Waals surface area (Å²) >= 11 is 0. The van der Waals surface area contributed by atoms with E-state index in [9.17, 15) is 10.2 Å². The highest BCUT2D eigenvalue weighted by molar-refractivity contribution is 5.12. The highest BCUT2D eigenvalue weighted by Crippen LogP contribution is 2.22. The molecule has 0 rings (SSSR count). The molecule has 7 heteroatoms. The number of aliphatic hydroxyl groups excluding tert-OH is 3. The predicted octanol–water partition coefficient (Wildman–Crippen LogP) is -2.36. The molecule has 1 atom stereocenters.